The second-order valence-electron chi connectivity index (χ2n) is 7.09. The standard InChI is InChI=1S/C21H17BrFN5O3S/c1-11-19(30)27(9-13-2-3-15(23)14(22)6-13)21(31)28-10-16(32-20(11)28)18(29)26-8-12-4-5-25-17(24)7-12/h2-7,10H,8-9H2,1H3,(H2,24,25)(H,26,29). The summed E-state index contributed by atoms with van der Waals surface area (Å²) in [5.41, 5.74) is 6.32. The van der Waals surface area contributed by atoms with Crippen molar-refractivity contribution in [3.63, 3.8) is 0 Å². The van der Waals surface area contributed by atoms with E-state index in [1.54, 1.807) is 25.3 Å². The molecule has 11 heteroatoms. The number of carbonyl (C=O) groups excluding carboxylic acids is 1. The van der Waals surface area contributed by atoms with Crippen molar-refractivity contribution in [2.45, 2.75) is 20.0 Å². The van der Waals surface area contributed by atoms with Crippen molar-refractivity contribution in [1.82, 2.24) is 19.3 Å². The van der Waals surface area contributed by atoms with Crippen LogP contribution in [0.4, 0.5) is 10.2 Å². The van der Waals surface area contributed by atoms with Gasteiger partial charge in [0, 0.05) is 24.5 Å². The van der Waals surface area contributed by atoms with Crippen molar-refractivity contribution in [1.29, 1.82) is 0 Å². The molecule has 32 heavy (non-hydrogen) atoms. The lowest BCUT2D eigenvalue weighted by molar-refractivity contribution is 0.0954. The average Bonchev–Trinajstić information content (AvgIpc) is 3.22. The van der Waals surface area contributed by atoms with Crippen LogP contribution in [0.5, 0.6) is 0 Å². The fourth-order valence-corrected chi connectivity index (χ4v) is 4.63. The number of fused-ring (bicyclic) bond motifs is 1. The predicted molar refractivity (Wildman–Crippen MR) is 124 cm³/mol. The minimum absolute atomic E-state index is 0.0266. The number of rotatable bonds is 5. The van der Waals surface area contributed by atoms with Gasteiger partial charge in [0.15, 0.2) is 0 Å². The number of hydrogen-bond donors (Lipinski definition) is 2. The van der Waals surface area contributed by atoms with Gasteiger partial charge in [-0.25, -0.2) is 14.2 Å². The molecule has 0 saturated heterocycles. The van der Waals surface area contributed by atoms with Crippen LogP contribution in [0, 0.1) is 12.7 Å². The summed E-state index contributed by atoms with van der Waals surface area (Å²) in [4.78, 5) is 43.1. The van der Waals surface area contributed by atoms with Crippen molar-refractivity contribution in [3.05, 3.63) is 95.4 Å². The van der Waals surface area contributed by atoms with Gasteiger partial charge in [-0.05, 0) is 58.2 Å². The summed E-state index contributed by atoms with van der Waals surface area (Å²) < 4.78 is 16.1. The van der Waals surface area contributed by atoms with Crippen LogP contribution in [-0.2, 0) is 13.1 Å². The third-order valence-corrected chi connectivity index (χ3v) is 6.66. The van der Waals surface area contributed by atoms with E-state index in [4.69, 9.17) is 5.73 Å². The summed E-state index contributed by atoms with van der Waals surface area (Å²) in [6.45, 7) is 1.81. The third kappa shape index (κ3) is 4.21. The molecule has 0 aliphatic rings. The molecule has 3 heterocycles. The van der Waals surface area contributed by atoms with Gasteiger partial charge >= 0.3 is 5.69 Å². The van der Waals surface area contributed by atoms with Gasteiger partial charge < -0.3 is 11.1 Å². The Labute approximate surface area is 193 Å². The van der Waals surface area contributed by atoms with Crippen LogP contribution in [0.25, 0.3) is 4.83 Å². The zero-order chi connectivity index (χ0) is 23.0. The van der Waals surface area contributed by atoms with Crippen LogP contribution in [0.1, 0.15) is 26.4 Å². The predicted octanol–water partition coefficient (Wildman–Crippen LogP) is 2.69. The molecule has 164 valence electrons. The quantitative estimate of drug-likeness (QED) is 0.422. The second kappa shape index (κ2) is 8.67. The molecule has 4 aromatic rings. The van der Waals surface area contributed by atoms with E-state index >= 15 is 0 Å². The minimum atomic E-state index is -0.576. The van der Waals surface area contributed by atoms with E-state index in [0.29, 0.717) is 21.8 Å². The first-order valence-corrected chi connectivity index (χ1v) is 11.0. The maximum atomic E-state index is 13.5. The van der Waals surface area contributed by atoms with Gasteiger partial charge in [0.1, 0.15) is 21.3 Å². The normalized spacial score (nSPS) is 11.1. The van der Waals surface area contributed by atoms with Gasteiger partial charge in [0.2, 0.25) is 0 Å². The van der Waals surface area contributed by atoms with Crippen molar-refractivity contribution >= 4 is 43.8 Å². The Morgan fingerprint density at radius 3 is 2.75 bits per heavy atom. The maximum absolute atomic E-state index is 13.5. The number of pyridine rings is 1. The number of halogens is 2. The highest BCUT2D eigenvalue weighted by Gasteiger charge is 2.18. The molecular weight excluding hydrogens is 501 g/mol. The number of aryl methyl sites for hydroxylation is 1. The highest BCUT2D eigenvalue weighted by atomic mass is 79.9. The molecule has 0 spiro atoms. The SMILES string of the molecule is Cc1c(=O)n(Cc2ccc(F)c(Br)c2)c(=O)n2cc(C(=O)NCc3ccnc(N)c3)sc12. The van der Waals surface area contributed by atoms with Gasteiger partial charge in [-0.2, -0.15) is 0 Å². The lowest BCUT2D eigenvalue weighted by atomic mass is 10.2. The molecule has 3 N–H and O–H groups in total. The number of carbonyl (C=O) groups is 1. The largest absolute Gasteiger partial charge is 0.384 e. The number of anilines is 1. The topological polar surface area (TPSA) is 111 Å². The van der Waals surface area contributed by atoms with E-state index in [1.807, 2.05) is 0 Å². The van der Waals surface area contributed by atoms with Crippen LogP contribution in [0.15, 0.2) is 56.8 Å². The molecule has 0 radical (unpaired) electrons. The lowest BCUT2D eigenvalue weighted by Gasteiger charge is -2.08. The summed E-state index contributed by atoms with van der Waals surface area (Å²) >= 11 is 4.17. The maximum Gasteiger partial charge on any atom is 0.336 e. The van der Waals surface area contributed by atoms with E-state index in [1.165, 1.54) is 28.8 Å². The number of amides is 1. The molecule has 0 aliphatic carbocycles. The molecule has 0 atom stereocenters. The van der Waals surface area contributed by atoms with Crippen molar-refractivity contribution < 1.29 is 9.18 Å². The Kier molecular flexibility index (Phi) is 5.94. The van der Waals surface area contributed by atoms with E-state index in [9.17, 15) is 18.8 Å². The first-order chi connectivity index (χ1) is 15.2. The van der Waals surface area contributed by atoms with Gasteiger partial charge in [-0.15, -0.1) is 11.3 Å². The Morgan fingerprint density at radius 1 is 1.25 bits per heavy atom. The van der Waals surface area contributed by atoms with E-state index < -0.39 is 17.1 Å². The molecule has 1 amide bonds. The molecule has 0 saturated carbocycles. The number of aromatic nitrogens is 3. The van der Waals surface area contributed by atoms with Crippen molar-refractivity contribution in [3.8, 4) is 0 Å². The highest BCUT2D eigenvalue weighted by Crippen LogP contribution is 2.20. The zero-order valence-corrected chi connectivity index (χ0v) is 19.2. The van der Waals surface area contributed by atoms with Gasteiger partial charge in [-0.3, -0.25) is 18.6 Å². The first kappa shape index (κ1) is 21.9. The number of nitrogen functional groups attached to an aromatic ring is 1. The molecule has 0 unspecified atom stereocenters. The first-order valence-electron chi connectivity index (χ1n) is 9.42. The fraction of sp³-hybridized carbons (Fsp3) is 0.143. The summed E-state index contributed by atoms with van der Waals surface area (Å²) in [5.74, 6) is -0.469. The number of thiazole rings is 1. The molecule has 8 nitrogen and oxygen atoms in total. The molecule has 0 fully saturated rings. The Bertz CT molecular complexity index is 1480. The Hall–Kier alpha value is -3.31. The fourth-order valence-electron chi connectivity index (χ4n) is 3.20. The van der Waals surface area contributed by atoms with Gasteiger partial charge in [0.05, 0.1) is 11.0 Å². The monoisotopic (exact) mass is 517 g/mol. The Morgan fingerprint density at radius 2 is 2.03 bits per heavy atom. The Balaban J connectivity index is 1.66. The summed E-state index contributed by atoms with van der Waals surface area (Å²) in [7, 11) is 0. The molecule has 3 aromatic heterocycles. The molecule has 1 aromatic carbocycles. The van der Waals surface area contributed by atoms with Crippen molar-refractivity contribution in [2.24, 2.45) is 0 Å². The van der Waals surface area contributed by atoms with Crippen LogP contribution < -0.4 is 22.3 Å². The summed E-state index contributed by atoms with van der Waals surface area (Å²) in [6, 6.07) is 7.67. The smallest absolute Gasteiger partial charge is 0.336 e. The molecular formula is C21H17BrFN5O3S. The van der Waals surface area contributed by atoms with Gasteiger partial charge in [-0.1, -0.05) is 6.07 Å². The van der Waals surface area contributed by atoms with Crippen molar-refractivity contribution in [2.75, 3.05) is 5.73 Å². The highest BCUT2D eigenvalue weighted by molar-refractivity contribution is 9.10. The lowest BCUT2D eigenvalue weighted by Crippen LogP contribution is -2.38. The zero-order valence-electron chi connectivity index (χ0n) is 16.8. The average molecular weight is 518 g/mol. The summed E-state index contributed by atoms with van der Waals surface area (Å²) in [6.07, 6.45) is 2.97. The van der Waals surface area contributed by atoms with Crippen LogP contribution in [0.3, 0.4) is 0 Å². The molecule has 0 bridgehead atoms. The second-order valence-corrected chi connectivity index (χ2v) is 8.97. The summed E-state index contributed by atoms with van der Waals surface area (Å²) in [5, 5.41) is 2.77. The number of nitrogens with zero attached hydrogens (tertiary/aromatic N) is 3. The van der Waals surface area contributed by atoms with E-state index in [2.05, 4.69) is 26.2 Å². The van der Waals surface area contributed by atoms with Crippen LogP contribution in [-0.4, -0.2) is 19.9 Å². The number of nitrogens with two attached hydrogens (primary N) is 1. The van der Waals surface area contributed by atoms with Crippen LogP contribution in [0.2, 0.25) is 0 Å². The number of hydrogen-bond acceptors (Lipinski definition) is 6. The van der Waals surface area contributed by atoms with Gasteiger partial charge in [0.25, 0.3) is 11.5 Å². The minimum Gasteiger partial charge on any atom is -0.384 e. The molecule has 4 rings (SSSR count). The van der Waals surface area contributed by atoms with E-state index in [0.717, 1.165) is 21.5 Å². The van der Waals surface area contributed by atoms with E-state index in [-0.39, 0.29) is 28.3 Å². The number of nitrogens with one attached hydrogen (secondary N) is 1. The third-order valence-electron chi connectivity index (χ3n) is 4.84. The number of benzene rings is 1. The van der Waals surface area contributed by atoms with Crippen LogP contribution >= 0.6 is 27.3 Å². The molecule has 0 aliphatic heterocycles.